The average molecular weight is 384 g/mol. The Bertz CT molecular complexity index is 613. The zero-order valence-electron chi connectivity index (χ0n) is 13.9. The van der Waals surface area contributed by atoms with Gasteiger partial charge in [-0.1, -0.05) is 0 Å². The van der Waals surface area contributed by atoms with Gasteiger partial charge in [0, 0.05) is 23.8 Å². The van der Waals surface area contributed by atoms with Gasteiger partial charge in [0.15, 0.2) is 0 Å². The first-order chi connectivity index (χ1) is 10.7. The highest BCUT2D eigenvalue weighted by Crippen LogP contribution is 2.20. The minimum absolute atomic E-state index is 0.0991. The van der Waals surface area contributed by atoms with Crippen LogP contribution in [0.15, 0.2) is 16.7 Å². The normalized spacial score (nSPS) is 18.0. The van der Waals surface area contributed by atoms with Crippen LogP contribution in [0, 0.1) is 6.92 Å². The van der Waals surface area contributed by atoms with Crippen LogP contribution in [-0.4, -0.2) is 46.6 Å². The van der Waals surface area contributed by atoms with Crippen LogP contribution in [-0.2, 0) is 4.74 Å². The number of alkyl carbamates (subject to hydrolysis) is 1. The van der Waals surface area contributed by atoms with Crippen molar-refractivity contribution < 1.29 is 14.3 Å². The number of aryl methyl sites for hydroxylation is 1. The van der Waals surface area contributed by atoms with E-state index in [4.69, 9.17) is 4.74 Å². The van der Waals surface area contributed by atoms with Gasteiger partial charge in [-0.25, -0.2) is 9.78 Å². The van der Waals surface area contributed by atoms with Gasteiger partial charge in [-0.2, -0.15) is 0 Å². The summed E-state index contributed by atoms with van der Waals surface area (Å²) < 4.78 is 5.93. The molecule has 2 amide bonds. The molecule has 1 aromatic rings. The van der Waals surface area contributed by atoms with Crippen molar-refractivity contribution in [3.63, 3.8) is 0 Å². The number of halogens is 1. The second kappa shape index (κ2) is 6.86. The zero-order valence-corrected chi connectivity index (χ0v) is 15.4. The van der Waals surface area contributed by atoms with Gasteiger partial charge < -0.3 is 15.0 Å². The van der Waals surface area contributed by atoms with Crippen LogP contribution in [0.25, 0.3) is 0 Å². The van der Waals surface area contributed by atoms with E-state index in [1.165, 1.54) is 0 Å². The van der Waals surface area contributed by atoms with E-state index in [9.17, 15) is 9.59 Å². The lowest BCUT2D eigenvalue weighted by atomic mass is 10.2. The van der Waals surface area contributed by atoms with E-state index in [1.807, 2.05) is 33.8 Å². The van der Waals surface area contributed by atoms with Crippen LogP contribution in [0.4, 0.5) is 4.79 Å². The molecule has 0 spiro atoms. The lowest BCUT2D eigenvalue weighted by molar-refractivity contribution is 0.0502. The highest BCUT2D eigenvalue weighted by atomic mass is 79.9. The van der Waals surface area contributed by atoms with E-state index < -0.39 is 11.7 Å². The van der Waals surface area contributed by atoms with Gasteiger partial charge in [-0.3, -0.25) is 4.79 Å². The number of likely N-dealkylation sites (tertiary alicyclic amines) is 1. The maximum atomic E-state index is 12.5. The SMILES string of the molecule is Cc1cnc(C(=O)N2CCC(NC(=O)OC(C)(C)C)C2)c(Br)c1. The smallest absolute Gasteiger partial charge is 0.407 e. The van der Waals surface area contributed by atoms with Crippen LogP contribution < -0.4 is 5.32 Å². The number of aromatic nitrogens is 1. The third-order valence-corrected chi connectivity index (χ3v) is 3.98. The van der Waals surface area contributed by atoms with Crippen LogP contribution in [0.2, 0.25) is 0 Å². The molecule has 1 aromatic heterocycles. The topological polar surface area (TPSA) is 71.5 Å². The van der Waals surface area contributed by atoms with Gasteiger partial charge in [0.25, 0.3) is 5.91 Å². The molecule has 0 aromatic carbocycles. The highest BCUT2D eigenvalue weighted by molar-refractivity contribution is 9.10. The maximum absolute atomic E-state index is 12.5. The summed E-state index contributed by atoms with van der Waals surface area (Å²) >= 11 is 3.38. The largest absolute Gasteiger partial charge is 0.444 e. The fourth-order valence-corrected chi connectivity index (χ4v) is 3.01. The van der Waals surface area contributed by atoms with Gasteiger partial charge in [0.2, 0.25) is 0 Å². The molecule has 1 unspecified atom stereocenters. The highest BCUT2D eigenvalue weighted by Gasteiger charge is 2.30. The van der Waals surface area contributed by atoms with Crippen molar-refractivity contribution in [2.24, 2.45) is 0 Å². The summed E-state index contributed by atoms with van der Waals surface area (Å²) in [4.78, 5) is 30.2. The van der Waals surface area contributed by atoms with E-state index in [0.717, 1.165) is 5.56 Å². The molecular formula is C16H22BrN3O3. The minimum atomic E-state index is -0.533. The van der Waals surface area contributed by atoms with Gasteiger partial charge in [-0.05, 0) is 61.7 Å². The van der Waals surface area contributed by atoms with Crippen molar-refractivity contribution in [3.8, 4) is 0 Å². The third kappa shape index (κ3) is 4.92. The summed E-state index contributed by atoms with van der Waals surface area (Å²) in [7, 11) is 0. The van der Waals surface area contributed by atoms with Gasteiger partial charge in [-0.15, -0.1) is 0 Å². The molecule has 1 N–H and O–H groups in total. The molecule has 126 valence electrons. The minimum Gasteiger partial charge on any atom is -0.444 e. The Labute approximate surface area is 144 Å². The van der Waals surface area contributed by atoms with E-state index >= 15 is 0 Å². The van der Waals surface area contributed by atoms with Crippen molar-refractivity contribution >= 4 is 27.9 Å². The molecule has 1 atom stereocenters. The van der Waals surface area contributed by atoms with Crippen molar-refractivity contribution in [1.29, 1.82) is 0 Å². The molecule has 1 fully saturated rings. The van der Waals surface area contributed by atoms with E-state index in [2.05, 4.69) is 26.2 Å². The summed E-state index contributed by atoms with van der Waals surface area (Å²) in [5.74, 6) is -0.134. The number of hydrogen-bond donors (Lipinski definition) is 1. The van der Waals surface area contributed by atoms with Crippen molar-refractivity contribution in [2.75, 3.05) is 13.1 Å². The zero-order chi connectivity index (χ0) is 17.2. The van der Waals surface area contributed by atoms with Crippen LogP contribution >= 0.6 is 15.9 Å². The fraction of sp³-hybridized carbons (Fsp3) is 0.562. The molecule has 0 saturated carbocycles. The number of carbonyl (C=O) groups is 2. The number of nitrogens with zero attached hydrogens (tertiary/aromatic N) is 2. The van der Waals surface area contributed by atoms with Crippen molar-refractivity contribution in [2.45, 2.75) is 45.8 Å². The Morgan fingerprint density at radius 1 is 1.43 bits per heavy atom. The Balaban J connectivity index is 1.94. The number of amides is 2. The Kier molecular flexibility index (Phi) is 5.29. The Morgan fingerprint density at radius 3 is 2.74 bits per heavy atom. The van der Waals surface area contributed by atoms with E-state index in [1.54, 1.807) is 11.1 Å². The molecular weight excluding hydrogens is 362 g/mol. The van der Waals surface area contributed by atoms with Crippen LogP contribution in [0.1, 0.15) is 43.2 Å². The summed E-state index contributed by atoms with van der Waals surface area (Å²) in [5.41, 5.74) is 0.849. The number of carbonyl (C=O) groups excluding carboxylic acids is 2. The summed E-state index contributed by atoms with van der Waals surface area (Å²) in [6, 6.07) is 1.77. The molecule has 1 saturated heterocycles. The van der Waals surface area contributed by atoms with Gasteiger partial charge in [0.1, 0.15) is 11.3 Å². The summed E-state index contributed by atoms with van der Waals surface area (Å²) in [6.45, 7) is 8.41. The van der Waals surface area contributed by atoms with E-state index in [0.29, 0.717) is 29.7 Å². The molecule has 2 heterocycles. The lowest BCUT2D eigenvalue weighted by Crippen LogP contribution is -2.41. The third-order valence-electron chi connectivity index (χ3n) is 3.38. The molecule has 0 bridgehead atoms. The second-order valence-electron chi connectivity index (χ2n) is 6.73. The summed E-state index contributed by atoms with van der Waals surface area (Å²) in [5, 5.41) is 2.81. The van der Waals surface area contributed by atoms with Crippen molar-refractivity contribution in [3.05, 3.63) is 28.0 Å². The molecule has 2 rings (SSSR count). The number of nitrogens with one attached hydrogen (secondary N) is 1. The first-order valence-corrected chi connectivity index (χ1v) is 8.36. The monoisotopic (exact) mass is 383 g/mol. The van der Waals surface area contributed by atoms with Crippen molar-refractivity contribution in [1.82, 2.24) is 15.2 Å². The molecule has 6 nitrogen and oxygen atoms in total. The fourth-order valence-electron chi connectivity index (χ4n) is 2.38. The second-order valence-corrected chi connectivity index (χ2v) is 7.58. The number of hydrogen-bond acceptors (Lipinski definition) is 4. The number of ether oxygens (including phenoxy) is 1. The molecule has 7 heteroatoms. The Morgan fingerprint density at radius 2 is 2.13 bits per heavy atom. The van der Waals surface area contributed by atoms with Gasteiger partial charge in [0.05, 0.1) is 6.04 Å². The first-order valence-electron chi connectivity index (χ1n) is 7.56. The van der Waals surface area contributed by atoms with Crippen LogP contribution in [0.5, 0.6) is 0 Å². The predicted octanol–water partition coefficient (Wildman–Crippen LogP) is 2.89. The standard InChI is InChI=1S/C16H22BrN3O3/c1-10-7-12(17)13(18-8-10)14(21)20-6-5-11(9-20)19-15(22)23-16(2,3)4/h7-8,11H,5-6,9H2,1-4H3,(H,19,22). The number of rotatable bonds is 2. The van der Waals surface area contributed by atoms with E-state index in [-0.39, 0.29) is 11.9 Å². The molecule has 1 aliphatic rings. The van der Waals surface area contributed by atoms with Crippen LogP contribution in [0.3, 0.4) is 0 Å². The molecule has 1 aliphatic heterocycles. The Hall–Kier alpha value is -1.63. The molecule has 0 radical (unpaired) electrons. The molecule has 0 aliphatic carbocycles. The first kappa shape index (κ1) is 17.7. The average Bonchev–Trinajstić information content (AvgIpc) is 2.84. The summed E-state index contributed by atoms with van der Waals surface area (Å²) in [6.07, 6.45) is 1.92. The van der Waals surface area contributed by atoms with Gasteiger partial charge >= 0.3 is 6.09 Å². The quantitative estimate of drug-likeness (QED) is 0.851. The number of pyridine rings is 1. The molecule has 23 heavy (non-hydrogen) atoms. The predicted molar refractivity (Wildman–Crippen MR) is 90.4 cm³/mol. The maximum Gasteiger partial charge on any atom is 0.407 e. The lowest BCUT2D eigenvalue weighted by Gasteiger charge is -2.22.